The van der Waals surface area contributed by atoms with Crippen LogP contribution >= 0.6 is 15.9 Å². The Morgan fingerprint density at radius 1 is 1.53 bits per heavy atom. The van der Waals surface area contributed by atoms with Crippen molar-refractivity contribution in [3.63, 3.8) is 0 Å². The van der Waals surface area contributed by atoms with Gasteiger partial charge in [0.05, 0.1) is 12.5 Å². The third-order valence-corrected chi connectivity index (χ3v) is 3.19. The molecule has 0 radical (unpaired) electrons. The van der Waals surface area contributed by atoms with Gasteiger partial charge in [0.2, 0.25) is 0 Å². The van der Waals surface area contributed by atoms with E-state index < -0.39 is 0 Å². The Morgan fingerprint density at radius 2 is 2.20 bits per heavy atom. The summed E-state index contributed by atoms with van der Waals surface area (Å²) >= 11 is 3.45. The van der Waals surface area contributed by atoms with Crippen LogP contribution in [0.4, 0.5) is 0 Å². The first kappa shape index (κ1) is 12.2. The van der Waals surface area contributed by atoms with E-state index in [1.807, 2.05) is 39.0 Å². The highest BCUT2D eigenvalue weighted by molar-refractivity contribution is 9.10. The fourth-order valence-electron chi connectivity index (χ4n) is 1.28. The molecule has 0 aliphatic carbocycles. The molecule has 1 aromatic rings. The number of carbonyl (C=O) groups is 1. The molecule has 1 unspecified atom stereocenters. The third kappa shape index (κ3) is 3.06. The molecule has 15 heavy (non-hydrogen) atoms. The molecule has 0 aliphatic heterocycles. The maximum Gasteiger partial charge on any atom is 0.313 e. The Balaban J connectivity index is 2.86. The zero-order chi connectivity index (χ0) is 11.4. The van der Waals surface area contributed by atoms with Crippen LogP contribution in [-0.4, -0.2) is 12.6 Å². The van der Waals surface area contributed by atoms with Gasteiger partial charge in [-0.25, -0.2) is 0 Å². The molecule has 82 valence electrons. The Bertz CT molecular complexity index is 361. The van der Waals surface area contributed by atoms with E-state index in [2.05, 4.69) is 15.9 Å². The number of carbonyl (C=O) groups excluding carboxylic acids is 1. The third-order valence-electron chi connectivity index (χ3n) is 2.34. The van der Waals surface area contributed by atoms with E-state index in [4.69, 9.17) is 4.74 Å². The highest BCUT2D eigenvalue weighted by Gasteiger charge is 2.16. The van der Waals surface area contributed by atoms with Crippen LogP contribution in [-0.2, 0) is 9.53 Å². The minimum Gasteiger partial charge on any atom is -0.466 e. The molecule has 0 spiro atoms. The lowest BCUT2D eigenvalue weighted by Gasteiger charge is -2.11. The summed E-state index contributed by atoms with van der Waals surface area (Å²) in [5.41, 5.74) is 2.14. The van der Waals surface area contributed by atoms with E-state index in [0.29, 0.717) is 6.61 Å². The number of benzene rings is 1. The number of hydrogen-bond acceptors (Lipinski definition) is 2. The van der Waals surface area contributed by atoms with Gasteiger partial charge in [0, 0.05) is 4.47 Å². The second-order valence-electron chi connectivity index (χ2n) is 3.48. The molecule has 2 nitrogen and oxygen atoms in total. The predicted molar refractivity (Wildman–Crippen MR) is 63.9 cm³/mol. The number of aryl methyl sites for hydroxylation is 1. The van der Waals surface area contributed by atoms with E-state index in [9.17, 15) is 4.79 Å². The maximum atomic E-state index is 11.5. The molecule has 1 aromatic carbocycles. The van der Waals surface area contributed by atoms with E-state index in [-0.39, 0.29) is 11.9 Å². The van der Waals surface area contributed by atoms with Crippen molar-refractivity contribution in [2.24, 2.45) is 0 Å². The van der Waals surface area contributed by atoms with Gasteiger partial charge in [0.1, 0.15) is 0 Å². The van der Waals surface area contributed by atoms with Crippen molar-refractivity contribution >= 4 is 21.9 Å². The molecule has 1 rings (SSSR count). The second-order valence-corrected chi connectivity index (χ2v) is 4.34. The van der Waals surface area contributed by atoms with E-state index in [0.717, 1.165) is 15.6 Å². The fourth-order valence-corrected chi connectivity index (χ4v) is 1.68. The van der Waals surface area contributed by atoms with Crippen LogP contribution < -0.4 is 0 Å². The molecular weight excluding hydrogens is 256 g/mol. The van der Waals surface area contributed by atoms with E-state index in [1.54, 1.807) is 0 Å². The molecule has 0 saturated carbocycles. The number of hydrogen-bond donors (Lipinski definition) is 0. The van der Waals surface area contributed by atoms with Gasteiger partial charge in [-0.15, -0.1) is 0 Å². The zero-order valence-electron chi connectivity index (χ0n) is 9.21. The summed E-state index contributed by atoms with van der Waals surface area (Å²) in [7, 11) is 0. The van der Waals surface area contributed by atoms with Crippen molar-refractivity contribution in [1.29, 1.82) is 0 Å². The lowest BCUT2D eigenvalue weighted by molar-refractivity contribution is -0.144. The molecule has 0 saturated heterocycles. The molecular formula is C12H15BrO2. The van der Waals surface area contributed by atoms with Gasteiger partial charge >= 0.3 is 5.97 Å². The number of halogens is 1. The standard InChI is InChI=1S/C12H15BrO2/c1-4-15-12(14)9(3)10-6-5-8(2)11(13)7-10/h5-7,9H,4H2,1-3H3. The fraction of sp³-hybridized carbons (Fsp3) is 0.417. The van der Waals surface area contributed by atoms with E-state index >= 15 is 0 Å². The lowest BCUT2D eigenvalue weighted by atomic mass is 10.0. The zero-order valence-corrected chi connectivity index (χ0v) is 10.8. The molecule has 0 heterocycles. The van der Waals surface area contributed by atoms with E-state index in [1.165, 1.54) is 0 Å². The topological polar surface area (TPSA) is 26.3 Å². The summed E-state index contributed by atoms with van der Waals surface area (Å²) in [5.74, 6) is -0.380. The largest absolute Gasteiger partial charge is 0.466 e. The first-order chi connectivity index (χ1) is 7.06. The van der Waals surface area contributed by atoms with Crippen molar-refractivity contribution in [1.82, 2.24) is 0 Å². The number of ether oxygens (including phenoxy) is 1. The summed E-state index contributed by atoms with van der Waals surface area (Å²) in [6.07, 6.45) is 0. The second kappa shape index (κ2) is 5.31. The van der Waals surface area contributed by atoms with Gasteiger partial charge in [-0.05, 0) is 38.0 Å². The molecule has 0 aromatic heterocycles. The lowest BCUT2D eigenvalue weighted by Crippen LogP contribution is -2.12. The molecule has 0 fully saturated rings. The molecule has 3 heteroatoms. The van der Waals surface area contributed by atoms with Crippen LogP contribution in [0.1, 0.15) is 30.9 Å². The highest BCUT2D eigenvalue weighted by atomic mass is 79.9. The van der Waals surface area contributed by atoms with Crippen molar-refractivity contribution < 1.29 is 9.53 Å². The minimum absolute atomic E-state index is 0.173. The van der Waals surface area contributed by atoms with Crippen LogP contribution in [0.2, 0.25) is 0 Å². The summed E-state index contributed by atoms with van der Waals surface area (Å²) in [4.78, 5) is 11.5. The quantitative estimate of drug-likeness (QED) is 0.787. The average molecular weight is 271 g/mol. The summed E-state index contributed by atoms with van der Waals surface area (Å²) in [6, 6.07) is 5.92. The normalized spacial score (nSPS) is 12.3. The van der Waals surface area contributed by atoms with Crippen molar-refractivity contribution in [3.8, 4) is 0 Å². The molecule has 0 amide bonds. The van der Waals surface area contributed by atoms with Crippen LogP contribution in [0.5, 0.6) is 0 Å². The van der Waals surface area contributed by atoms with Gasteiger partial charge in [-0.1, -0.05) is 28.1 Å². The van der Waals surface area contributed by atoms with Gasteiger partial charge in [0.15, 0.2) is 0 Å². The van der Waals surface area contributed by atoms with Crippen LogP contribution in [0, 0.1) is 6.92 Å². The average Bonchev–Trinajstić information content (AvgIpc) is 2.21. The maximum absolute atomic E-state index is 11.5. The summed E-state index contributed by atoms with van der Waals surface area (Å²) in [5, 5.41) is 0. The highest BCUT2D eigenvalue weighted by Crippen LogP contribution is 2.23. The summed E-state index contributed by atoms with van der Waals surface area (Å²) in [6.45, 7) is 6.11. The van der Waals surface area contributed by atoms with Crippen LogP contribution in [0.15, 0.2) is 22.7 Å². The summed E-state index contributed by atoms with van der Waals surface area (Å²) < 4.78 is 6.00. The van der Waals surface area contributed by atoms with Gasteiger partial charge in [0.25, 0.3) is 0 Å². The Hall–Kier alpha value is -0.830. The van der Waals surface area contributed by atoms with Crippen LogP contribution in [0.25, 0.3) is 0 Å². The first-order valence-electron chi connectivity index (χ1n) is 4.99. The predicted octanol–water partition coefficient (Wildman–Crippen LogP) is 3.42. The number of esters is 1. The van der Waals surface area contributed by atoms with Gasteiger partial charge < -0.3 is 4.74 Å². The Morgan fingerprint density at radius 3 is 2.73 bits per heavy atom. The number of rotatable bonds is 3. The van der Waals surface area contributed by atoms with Crippen molar-refractivity contribution in [2.45, 2.75) is 26.7 Å². The molecule has 1 atom stereocenters. The minimum atomic E-state index is -0.207. The Kier molecular flexibility index (Phi) is 4.33. The smallest absolute Gasteiger partial charge is 0.313 e. The Labute approximate surface area is 98.8 Å². The van der Waals surface area contributed by atoms with Crippen LogP contribution in [0.3, 0.4) is 0 Å². The monoisotopic (exact) mass is 270 g/mol. The SMILES string of the molecule is CCOC(=O)C(C)c1ccc(C)c(Br)c1. The van der Waals surface area contributed by atoms with Crippen molar-refractivity contribution in [2.75, 3.05) is 6.61 Å². The first-order valence-corrected chi connectivity index (χ1v) is 5.78. The molecule has 0 N–H and O–H groups in total. The van der Waals surface area contributed by atoms with Crippen molar-refractivity contribution in [3.05, 3.63) is 33.8 Å². The van der Waals surface area contributed by atoms with Gasteiger partial charge in [-0.3, -0.25) is 4.79 Å². The van der Waals surface area contributed by atoms with Gasteiger partial charge in [-0.2, -0.15) is 0 Å². The molecule has 0 bridgehead atoms. The molecule has 0 aliphatic rings.